The predicted molar refractivity (Wildman–Crippen MR) is 43.4 cm³/mol. The van der Waals surface area contributed by atoms with Gasteiger partial charge in [0, 0.05) is 6.42 Å². The van der Waals surface area contributed by atoms with Gasteiger partial charge in [-0.25, -0.2) is 0 Å². The van der Waals surface area contributed by atoms with E-state index in [0.717, 1.165) is 0 Å². The fourth-order valence-corrected chi connectivity index (χ4v) is 2.13. The monoisotopic (exact) mass is 204 g/mol. The minimum Gasteiger partial charge on any atom is -0.171 e. The number of rotatable bonds is 3. The van der Waals surface area contributed by atoms with E-state index in [0.29, 0.717) is 6.04 Å². The molecule has 0 fully saturated rings. The molecule has 0 N–H and O–H groups in total. The van der Waals surface area contributed by atoms with Crippen molar-refractivity contribution in [3.05, 3.63) is 0 Å². The van der Waals surface area contributed by atoms with E-state index in [4.69, 9.17) is 11.1 Å². The Labute approximate surface area is 70.5 Å². The molecular weight excluding hydrogens is 193 g/mol. The van der Waals surface area contributed by atoms with Crippen LogP contribution in [0.15, 0.2) is 0 Å². The molecule has 0 heterocycles. The lowest BCUT2D eigenvalue weighted by molar-refractivity contribution is -0.134. The average Bonchev–Trinajstić information content (AvgIpc) is 1.55. The summed E-state index contributed by atoms with van der Waals surface area (Å²) in [6, 6.07) is 0.536. The van der Waals surface area contributed by atoms with Gasteiger partial charge in [-0.1, -0.05) is 13.1 Å². The summed E-state index contributed by atoms with van der Waals surface area (Å²) in [6.07, 6.45) is -4.54. The Bertz CT molecular complexity index is 102. The highest BCUT2D eigenvalue weighted by Gasteiger charge is 2.28. The molecule has 0 aromatic heterocycles. The van der Waals surface area contributed by atoms with Crippen LogP contribution in [0.25, 0.3) is 0 Å². The molecule has 0 atom stereocenters. The first-order chi connectivity index (χ1) is 4.71. The predicted octanol–water partition coefficient (Wildman–Crippen LogP) is 3.77. The molecule has 0 aliphatic heterocycles. The fraction of sp³-hybridized carbons (Fsp3) is 1.00. The highest BCUT2D eigenvalue weighted by atomic mass is 35.6. The third kappa shape index (κ3) is 10.3. The molecule has 0 amide bonds. The van der Waals surface area contributed by atoms with Gasteiger partial charge in [-0.15, -0.1) is 0 Å². The summed E-state index contributed by atoms with van der Waals surface area (Å²) in [6.45, 7) is 3.70. The van der Waals surface area contributed by atoms with Gasteiger partial charge in [0.2, 0.25) is 0 Å². The molecule has 0 aromatic carbocycles. The van der Waals surface area contributed by atoms with Crippen LogP contribution in [0.1, 0.15) is 12.8 Å². The topological polar surface area (TPSA) is 0 Å². The van der Waals surface area contributed by atoms with Crippen LogP contribution in [0.5, 0.6) is 0 Å². The molecule has 0 bridgehead atoms. The Morgan fingerprint density at radius 1 is 1.27 bits per heavy atom. The van der Waals surface area contributed by atoms with Gasteiger partial charge in [0.15, 0.2) is 7.38 Å². The largest absolute Gasteiger partial charge is 0.389 e. The highest BCUT2D eigenvalue weighted by Crippen LogP contribution is 2.26. The maximum atomic E-state index is 11.6. The van der Waals surface area contributed by atoms with E-state index in [9.17, 15) is 13.2 Å². The van der Waals surface area contributed by atoms with Crippen molar-refractivity contribution in [3.8, 4) is 0 Å². The van der Waals surface area contributed by atoms with Crippen LogP contribution in [0.2, 0.25) is 19.1 Å². The molecule has 0 aliphatic rings. The van der Waals surface area contributed by atoms with E-state index in [-0.39, 0.29) is 6.42 Å². The molecule has 0 unspecified atom stereocenters. The van der Waals surface area contributed by atoms with Crippen molar-refractivity contribution in [2.75, 3.05) is 0 Å². The van der Waals surface area contributed by atoms with Crippen molar-refractivity contribution in [1.82, 2.24) is 0 Å². The van der Waals surface area contributed by atoms with E-state index in [1.807, 2.05) is 13.1 Å². The van der Waals surface area contributed by atoms with E-state index >= 15 is 0 Å². The van der Waals surface area contributed by atoms with E-state index in [2.05, 4.69) is 0 Å². The summed E-state index contributed by atoms with van der Waals surface area (Å²) >= 11 is 5.83. The lowest BCUT2D eigenvalue weighted by Gasteiger charge is -2.12. The van der Waals surface area contributed by atoms with Crippen LogP contribution < -0.4 is 0 Å². The SMILES string of the molecule is C[Si](C)(Cl)CCCC(F)(F)F. The third-order valence-corrected chi connectivity index (χ3v) is 3.34. The second kappa shape index (κ2) is 3.80. The zero-order chi connectivity index (χ0) is 9.12. The first-order valence-corrected chi connectivity index (χ1v) is 7.68. The van der Waals surface area contributed by atoms with Crippen LogP contribution in [0.3, 0.4) is 0 Å². The zero-order valence-electron chi connectivity index (χ0n) is 6.63. The van der Waals surface area contributed by atoms with Gasteiger partial charge in [-0.2, -0.15) is 24.3 Å². The summed E-state index contributed by atoms with van der Waals surface area (Å²) in [5.41, 5.74) is 0. The standard InChI is InChI=1S/C6H12ClF3Si/c1-11(2,7)5-3-4-6(8,9)10/h3-5H2,1-2H3. The molecule has 0 aliphatic carbocycles. The maximum Gasteiger partial charge on any atom is 0.389 e. The van der Waals surface area contributed by atoms with Crippen molar-refractivity contribution < 1.29 is 13.2 Å². The van der Waals surface area contributed by atoms with Gasteiger partial charge in [0.25, 0.3) is 0 Å². The number of hydrogen-bond donors (Lipinski definition) is 0. The fourth-order valence-electron chi connectivity index (χ4n) is 0.709. The number of halogens is 4. The van der Waals surface area contributed by atoms with Crippen LogP contribution >= 0.6 is 11.1 Å². The second-order valence-corrected chi connectivity index (χ2v) is 10.2. The van der Waals surface area contributed by atoms with Crippen molar-refractivity contribution in [1.29, 1.82) is 0 Å². The van der Waals surface area contributed by atoms with Gasteiger partial charge in [0.05, 0.1) is 0 Å². The molecule has 68 valence electrons. The first kappa shape index (κ1) is 11.3. The van der Waals surface area contributed by atoms with Gasteiger partial charge >= 0.3 is 6.18 Å². The molecular formula is C6H12ClF3Si. The minimum atomic E-state index is -4.02. The second-order valence-electron chi connectivity index (χ2n) is 3.19. The molecule has 0 nitrogen and oxygen atoms in total. The van der Waals surface area contributed by atoms with Crippen LogP contribution in [-0.4, -0.2) is 13.6 Å². The first-order valence-electron chi connectivity index (χ1n) is 3.46. The zero-order valence-corrected chi connectivity index (χ0v) is 8.39. The Morgan fingerprint density at radius 3 is 2.00 bits per heavy atom. The van der Waals surface area contributed by atoms with E-state index in [1.54, 1.807) is 0 Å². The molecule has 0 rings (SSSR count). The summed E-state index contributed by atoms with van der Waals surface area (Å²) in [5.74, 6) is 0. The molecule has 0 spiro atoms. The smallest absolute Gasteiger partial charge is 0.171 e. The van der Waals surface area contributed by atoms with Crippen molar-refractivity contribution in [3.63, 3.8) is 0 Å². The van der Waals surface area contributed by atoms with Gasteiger partial charge in [-0.3, -0.25) is 0 Å². The van der Waals surface area contributed by atoms with Crippen LogP contribution in [0.4, 0.5) is 13.2 Å². The number of alkyl halides is 3. The minimum absolute atomic E-state index is 0.173. The third-order valence-electron chi connectivity index (χ3n) is 1.23. The van der Waals surface area contributed by atoms with Crippen LogP contribution in [0, 0.1) is 0 Å². The Morgan fingerprint density at radius 2 is 1.73 bits per heavy atom. The quantitative estimate of drug-likeness (QED) is 0.485. The molecule has 5 heteroatoms. The normalized spacial score (nSPS) is 13.6. The van der Waals surface area contributed by atoms with Gasteiger partial charge < -0.3 is 0 Å². The molecule has 0 radical (unpaired) electrons. The van der Waals surface area contributed by atoms with Crippen LogP contribution in [-0.2, 0) is 0 Å². The van der Waals surface area contributed by atoms with Crippen molar-refractivity contribution in [2.24, 2.45) is 0 Å². The van der Waals surface area contributed by atoms with Gasteiger partial charge in [0.1, 0.15) is 0 Å². The maximum absolute atomic E-state index is 11.6. The van der Waals surface area contributed by atoms with E-state index in [1.165, 1.54) is 0 Å². The molecule has 0 saturated carbocycles. The van der Waals surface area contributed by atoms with Gasteiger partial charge in [-0.05, 0) is 12.5 Å². The summed E-state index contributed by atoms with van der Waals surface area (Å²) in [5, 5.41) is 0. The average molecular weight is 205 g/mol. The lowest BCUT2D eigenvalue weighted by atomic mass is 10.3. The summed E-state index contributed by atoms with van der Waals surface area (Å²) < 4.78 is 34.8. The van der Waals surface area contributed by atoms with Crippen molar-refractivity contribution in [2.45, 2.75) is 38.2 Å². The Kier molecular flexibility index (Phi) is 3.91. The molecule has 0 saturated heterocycles. The Balaban J connectivity index is 3.44. The van der Waals surface area contributed by atoms with E-state index < -0.39 is 20.0 Å². The lowest BCUT2D eigenvalue weighted by Crippen LogP contribution is -2.17. The highest BCUT2D eigenvalue weighted by molar-refractivity contribution is 7.19. The van der Waals surface area contributed by atoms with Crippen molar-refractivity contribution >= 4 is 18.5 Å². The Hall–Kier alpha value is 0.297. The molecule has 11 heavy (non-hydrogen) atoms. The number of hydrogen-bond acceptors (Lipinski definition) is 0. The molecule has 0 aromatic rings. The summed E-state index contributed by atoms with van der Waals surface area (Å²) in [7, 11) is -1.78. The summed E-state index contributed by atoms with van der Waals surface area (Å²) in [4.78, 5) is 0.